The van der Waals surface area contributed by atoms with Gasteiger partial charge in [0.05, 0.1) is 0 Å². The summed E-state index contributed by atoms with van der Waals surface area (Å²) in [6.07, 6.45) is 23.7. The molecule has 1 aliphatic heterocycles. The molecule has 2 aromatic carbocycles. The molecule has 4 unspecified atom stereocenters. The van der Waals surface area contributed by atoms with Crippen LogP contribution in [0.3, 0.4) is 0 Å². The first-order chi connectivity index (χ1) is 17.6. The molecule has 0 amide bonds. The lowest BCUT2D eigenvalue weighted by molar-refractivity contribution is 0.488. The van der Waals surface area contributed by atoms with E-state index in [1.807, 2.05) is 0 Å². The van der Waals surface area contributed by atoms with E-state index in [1.54, 1.807) is 0 Å². The number of allylic oxidation sites excluding steroid dienone is 9. The molecule has 3 aliphatic rings. The summed E-state index contributed by atoms with van der Waals surface area (Å²) in [6.45, 7) is 6.95. The van der Waals surface area contributed by atoms with Crippen molar-refractivity contribution < 1.29 is 0 Å². The predicted molar refractivity (Wildman–Crippen MR) is 155 cm³/mol. The third kappa shape index (κ3) is 5.36. The lowest BCUT2D eigenvalue weighted by Gasteiger charge is -2.38. The summed E-state index contributed by atoms with van der Waals surface area (Å²) in [6, 6.07) is 20.9. The van der Waals surface area contributed by atoms with E-state index in [1.165, 1.54) is 52.9 Å². The number of hydrogen-bond acceptors (Lipinski definition) is 1. The molecule has 1 nitrogen and oxygen atoms in total. The van der Waals surface area contributed by atoms with Crippen molar-refractivity contribution in [2.45, 2.75) is 71.3 Å². The number of anilines is 1. The molecule has 0 N–H and O–H groups in total. The van der Waals surface area contributed by atoms with Gasteiger partial charge in [0.2, 0.25) is 0 Å². The fourth-order valence-electron chi connectivity index (χ4n) is 6.32. The van der Waals surface area contributed by atoms with Gasteiger partial charge in [-0.1, -0.05) is 104 Å². The van der Waals surface area contributed by atoms with Crippen molar-refractivity contribution in [3.05, 3.63) is 125 Å². The third-order valence-electron chi connectivity index (χ3n) is 8.44. The standard InChI is InChI=1S/C35H41N/c1-4-32-22-21-29(28-12-6-5-7-13-28)19-20-31-14-8-9-16-35(31)36(32)33-23-24-34(27(3)25-33)30-15-10-11-26(2)17-18-30/h5-9,11-18,23-25,27,29,32,34H,4,10,19-22H2,1-3H3. The van der Waals surface area contributed by atoms with E-state index < -0.39 is 0 Å². The van der Waals surface area contributed by atoms with Gasteiger partial charge in [0.15, 0.2) is 0 Å². The van der Waals surface area contributed by atoms with Gasteiger partial charge in [0.25, 0.3) is 0 Å². The number of benzene rings is 2. The maximum atomic E-state index is 2.69. The summed E-state index contributed by atoms with van der Waals surface area (Å²) in [5, 5.41) is 0. The van der Waals surface area contributed by atoms with E-state index in [0.717, 1.165) is 19.3 Å². The number of rotatable bonds is 4. The zero-order valence-corrected chi connectivity index (χ0v) is 22.2. The van der Waals surface area contributed by atoms with Gasteiger partial charge < -0.3 is 4.90 Å². The van der Waals surface area contributed by atoms with Crippen molar-refractivity contribution in [3.63, 3.8) is 0 Å². The second-order valence-corrected chi connectivity index (χ2v) is 10.8. The highest BCUT2D eigenvalue weighted by atomic mass is 15.2. The number of fused-ring (bicyclic) bond motifs is 1. The molecule has 36 heavy (non-hydrogen) atoms. The van der Waals surface area contributed by atoms with Gasteiger partial charge in [0, 0.05) is 23.3 Å². The monoisotopic (exact) mass is 475 g/mol. The first-order valence-corrected chi connectivity index (χ1v) is 14.0. The first kappa shape index (κ1) is 24.6. The SMILES string of the molecule is CCC1CCC(c2ccccc2)CCc2ccccc2N1C1=CC(C)C(C2=CCC=C(C)C=C2)C=C1. The summed E-state index contributed by atoms with van der Waals surface area (Å²) >= 11 is 0. The Morgan fingerprint density at radius 1 is 0.861 bits per heavy atom. The van der Waals surface area contributed by atoms with Crippen LogP contribution >= 0.6 is 0 Å². The van der Waals surface area contributed by atoms with Gasteiger partial charge in [-0.15, -0.1) is 0 Å². The Bertz CT molecular complexity index is 1190. The van der Waals surface area contributed by atoms with Crippen molar-refractivity contribution in [1.29, 1.82) is 0 Å². The van der Waals surface area contributed by atoms with Gasteiger partial charge in [-0.2, -0.15) is 0 Å². The average Bonchev–Trinajstić information content (AvgIpc) is 3.08. The van der Waals surface area contributed by atoms with Crippen molar-refractivity contribution >= 4 is 5.69 Å². The third-order valence-corrected chi connectivity index (χ3v) is 8.44. The summed E-state index contributed by atoms with van der Waals surface area (Å²) < 4.78 is 0. The maximum Gasteiger partial charge on any atom is 0.0445 e. The van der Waals surface area contributed by atoms with Crippen molar-refractivity contribution in [2.75, 3.05) is 4.90 Å². The molecular formula is C35H41N. The number of aryl methyl sites for hydroxylation is 1. The highest BCUT2D eigenvalue weighted by Gasteiger charge is 2.29. The fourth-order valence-corrected chi connectivity index (χ4v) is 6.32. The topological polar surface area (TPSA) is 3.24 Å². The van der Waals surface area contributed by atoms with Crippen LogP contribution in [0.2, 0.25) is 0 Å². The van der Waals surface area contributed by atoms with Crippen LogP contribution < -0.4 is 4.90 Å². The second kappa shape index (κ2) is 11.3. The Morgan fingerprint density at radius 3 is 2.47 bits per heavy atom. The Hall–Kier alpha value is -3.06. The summed E-state index contributed by atoms with van der Waals surface area (Å²) in [7, 11) is 0. The maximum absolute atomic E-state index is 2.69. The van der Waals surface area contributed by atoms with Gasteiger partial charge in [0.1, 0.15) is 0 Å². The minimum Gasteiger partial charge on any atom is -0.338 e. The lowest BCUT2D eigenvalue weighted by Crippen LogP contribution is -2.35. The fraction of sp³-hybridized carbons (Fsp3) is 0.371. The smallest absolute Gasteiger partial charge is 0.0445 e. The summed E-state index contributed by atoms with van der Waals surface area (Å²) in [5.74, 6) is 1.53. The van der Waals surface area contributed by atoms with E-state index in [4.69, 9.17) is 0 Å². The highest BCUT2D eigenvalue weighted by molar-refractivity contribution is 5.62. The Morgan fingerprint density at radius 2 is 1.67 bits per heavy atom. The summed E-state index contributed by atoms with van der Waals surface area (Å²) in [5.41, 5.74) is 8.58. The van der Waals surface area contributed by atoms with Crippen molar-refractivity contribution in [3.8, 4) is 0 Å². The normalized spacial score (nSPS) is 26.5. The van der Waals surface area contributed by atoms with Crippen LogP contribution in [0, 0.1) is 11.8 Å². The average molecular weight is 476 g/mol. The molecule has 0 fully saturated rings. The zero-order chi connectivity index (χ0) is 24.9. The minimum atomic E-state index is 0.444. The van der Waals surface area contributed by atoms with Crippen LogP contribution in [-0.2, 0) is 6.42 Å². The molecule has 186 valence electrons. The molecule has 4 atom stereocenters. The van der Waals surface area contributed by atoms with Crippen LogP contribution in [0.25, 0.3) is 0 Å². The summed E-state index contributed by atoms with van der Waals surface area (Å²) in [4.78, 5) is 2.69. The molecule has 0 radical (unpaired) electrons. The molecule has 5 rings (SSSR count). The van der Waals surface area contributed by atoms with Crippen molar-refractivity contribution in [1.82, 2.24) is 0 Å². The quantitative estimate of drug-likeness (QED) is 0.426. The molecule has 1 heteroatoms. The molecule has 2 aromatic rings. The minimum absolute atomic E-state index is 0.444. The first-order valence-electron chi connectivity index (χ1n) is 14.0. The van der Waals surface area contributed by atoms with Crippen LogP contribution in [0.5, 0.6) is 0 Å². The molecule has 2 aliphatic carbocycles. The number of nitrogens with zero attached hydrogens (tertiary/aromatic N) is 1. The molecule has 0 saturated heterocycles. The van der Waals surface area contributed by atoms with E-state index in [2.05, 4.69) is 123 Å². The lowest BCUT2D eigenvalue weighted by atomic mass is 9.82. The Balaban J connectivity index is 1.46. The van der Waals surface area contributed by atoms with E-state index in [-0.39, 0.29) is 0 Å². The number of hydrogen-bond donors (Lipinski definition) is 0. The Labute approximate surface area is 218 Å². The van der Waals surface area contributed by atoms with E-state index in [9.17, 15) is 0 Å². The second-order valence-electron chi connectivity index (χ2n) is 10.8. The largest absolute Gasteiger partial charge is 0.338 e. The zero-order valence-electron chi connectivity index (χ0n) is 22.2. The molecule has 0 spiro atoms. The van der Waals surface area contributed by atoms with Crippen LogP contribution in [0.1, 0.15) is 69.9 Å². The van der Waals surface area contributed by atoms with Crippen LogP contribution in [0.4, 0.5) is 5.69 Å². The molecule has 0 bridgehead atoms. The van der Waals surface area contributed by atoms with E-state index >= 15 is 0 Å². The predicted octanol–water partition coefficient (Wildman–Crippen LogP) is 9.32. The molecular weight excluding hydrogens is 434 g/mol. The highest BCUT2D eigenvalue weighted by Crippen LogP contribution is 2.40. The molecule has 0 saturated carbocycles. The van der Waals surface area contributed by atoms with Gasteiger partial charge in [-0.25, -0.2) is 0 Å². The van der Waals surface area contributed by atoms with Gasteiger partial charge >= 0.3 is 0 Å². The van der Waals surface area contributed by atoms with Crippen LogP contribution in [0.15, 0.2) is 114 Å². The van der Waals surface area contributed by atoms with Crippen molar-refractivity contribution in [2.24, 2.45) is 11.8 Å². The Kier molecular flexibility index (Phi) is 7.75. The van der Waals surface area contributed by atoms with E-state index in [0.29, 0.717) is 23.8 Å². The van der Waals surface area contributed by atoms with Gasteiger partial charge in [-0.05, 0) is 86.1 Å². The number of para-hydroxylation sites is 1. The van der Waals surface area contributed by atoms with Gasteiger partial charge in [-0.3, -0.25) is 0 Å². The molecule has 0 aromatic heterocycles. The molecule has 1 heterocycles. The van der Waals surface area contributed by atoms with Crippen LogP contribution in [-0.4, -0.2) is 6.04 Å².